The van der Waals surface area contributed by atoms with E-state index < -0.39 is 0 Å². The average molecular weight is 254 g/mol. The van der Waals surface area contributed by atoms with Gasteiger partial charge in [-0.15, -0.1) is 0 Å². The van der Waals surface area contributed by atoms with Crippen LogP contribution in [0.1, 0.15) is 23.6 Å². The van der Waals surface area contributed by atoms with E-state index in [2.05, 4.69) is 56.1 Å². The molecule has 2 heteroatoms. The lowest BCUT2D eigenvalue weighted by atomic mass is 10.1. The van der Waals surface area contributed by atoms with Crippen molar-refractivity contribution in [2.75, 3.05) is 17.7 Å². The van der Waals surface area contributed by atoms with Gasteiger partial charge in [-0.25, -0.2) is 0 Å². The highest BCUT2D eigenvalue weighted by Crippen LogP contribution is 2.22. The molecule has 0 aliphatic rings. The monoisotopic (exact) mass is 254 g/mol. The fraction of sp³-hybridized carbons (Fsp3) is 0.294. The van der Waals surface area contributed by atoms with Crippen molar-refractivity contribution in [1.82, 2.24) is 0 Å². The summed E-state index contributed by atoms with van der Waals surface area (Å²) in [5, 5.41) is 0. The number of nitrogen functional groups attached to an aromatic ring is 1. The molecule has 2 rings (SSSR count). The second-order valence-electron chi connectivity index (χ2n) is 5.07. The summed E-state index contributed by atoms with van der Waals surface area (Å²) in [4.78, 5) is 2.26. The van der Waals surface area contributed by atoms with Crippen LogP contribution in [0.3, 0.4) is 0 Å². The van der Waals surface area contributed by atoms with Crippen molar-refractivity contribution in [3.05, 3.63) is 59.2 Å². The standard InChI is InChI=1S/C17H22N2/c1-4-14-5-7-15(8-6-14)12-19(3)17-10-9-16(18)11-13(17)2/h5-11H,4,12,18H2,1-3H3. The molecule has 2 nitrogen and oxygen atoms in total. The van der Waals surface area contributed by atoms with E-state index in [4.69, 9.17) is 5.73 Å². The van der Waals surface area contributed by atoms with Crippen molar-refractivity contribution in [3.63, 3.8) is 0 Å². The topological polar surface area (TPSA) is 29.3 Å². The van der Waals surface area contributed by atoms with E-state index >= 15 is 0 Å². The van der Waals surface area contributed by atoms with Crippen LogP contribution in [0.25, 0.3) is 0 Å². The van der Waals surface area contributed by atoms with Gasteiger partial charge in [-0.05, 0) is 48.2 Å². The van der Waals surface area contributed by atoms with Crippen molar-refractivity contribution < 1.29 is 0 Å². The summed E-state index contributed by atoms with van der Waals surface area (Å²) in [7, 11) is 2.12. The first kappa shape index (κ1) is 13.5. The molecule has 2 aromatic rings. The maximum atomic E-state index is 5.79. The van der Waals surface area contributed by atoms with Gasteiger partial charge in [0.25, 0.3) is 0 Å². The van der Waals surface area contributed by atoms with E-state index in [-0.39, 0.29) is 0 Å². The highest BCUT2D eigenvalue weighted by atomic mass is 15.1. The lowest BCUT2D eigenvalue weighted by Crippen LogP contribution is -2.17. The number of hydrogen-bond donors (Lipinski definition) is 1. The third-order valence-corrected chi connectivity index (χ3v) is 3.48. The van der Waals surface area contributed by atoms with Crippen molar-refractivity contribution in [2.24, 2.45) is 0 Å². The van der Waals surface area contributed by atoms with Crippen LogP contribution >= 0.6 is 0 Å². The molecule has 0 aliphatic carbocycles. The summed E-state index contributed by atoms with van der Waals surface area (Å²) in [6, 6.07) is 14.9. The number of nitrogens with zero attached hydrogens (tertiary/aromatic N) is 1. The molecule has 19 heavy (non-hydrogen) atoms. The number of rotatable bonds is 4. The van der Waals surface area contributed by atoms with Gasteiger partial charge in [-0.1, -0.05) is 31.2 Å². The fourth-order valence-electron chi connectivity index (χ4n) is 2.35. The molecule has 0 radical (unpaired) electrons. The first-order chi connectivity index (χ1) is 9.10. The van der Waals surface area contributed by atoms with Crippen LogP contribution in [0.4, 0.5) is 11.4 Å². The van der Waals surface area contributed by atoms with E-state index in [1.807, 2.05) is 12.1 Å². The van der Waals surface area contributed by atoms with Crippen LogP contribution in [0.2, 0.25) is 0 Å². The van der Waals surface area contributed by atoms with Gasteiger partial charge in [0.05, 0.1) is 0 Å². The van der Waals surface area contributed by atoms with Gasteiger partial charge in [0.15, 0.2) is 0 Å². The maximum Gasteiger partial charge on any atom is 0.0426 e. The summed E-state index contributed by atoms with van der Waals surface area (Å²) in [6.07, 6.45) is 1.09. The van der Waals surface area contributed by atoms with Crippen LogP contribution in [0.5, 0.6) is 0 Å². The molecule has 2 aromatic carbocycles. The Kier molecular flexibility index (Phi) is 4.10. The quantitative estimate of drug-likeness (QED) is 0.841. The highest BCUT2D eigenvalue weighted by molar-refractivity contribution is 5.58. The van der Waals surface area contributed by atoms with Gasteiger partial charge in [0.1, 0.15) is 0 Å². The smallest absolute Gasteiger partial charge is 0.0426 e. The molecule has 0 unspecified atom stereocenters. The van der Waals surface area contributed by atoms with E-state index in [1.165, 1.54) is 22.4 Å². The molecule has 0 saturated heterocycles. The second-order valence-corrected chi connectivity index (χ2v) is 5.07. The minimum absolute atomic E-state index is 0.821. The number of nitrogens with two attached hydrogens (primary N) is 1. The Hall–Kier alpha value is -1.96. The zero-order valence-electron chi connectivity index (χ0n) is 12.0. The van der Waals surface area contributed by atoms with Crippen LogP contribution in [-0.2, 0) is 13.0 Å². The molecule has 0 atom stereocenters. The van der Waals surface area contributed by atoms with E-state index in [0.29, 0.717) is 0 Å². The third-order valence-electron chi connectivity index (χ3n) is 3.48. The Labute approximate surface area is 115 Å². The Morgan fingerprint density at radius 3 is 2.21 bits per heavy atom. The molecule has 0 spiro atoms. The average Bonchev–Trinajstić information content (AvgIpc) is 2.39. The minimum Gasteiger partial charge on any atom is -0.399 e. The van der Waals surface area contributed by atoms with Gasteiger partial charge >= 0.3 is 0 Å². The highest BCUT2D eigenvalue weighted by Gasteiger charge is 2.05. The molecule has 0 saturated carbocycles. The van der Waals surface area contributed by atoms with Crippen LogP contribution in [0, 0.1) is 6.92 Å². The first-order valence-electron chi connectivity index (χ1n) is 6.75. The fourth-order valence-corrected chi connectivity index (χ4v) is 2.35. The van der Waals surface area contributed by atoms with Crippen molar-refractivity contribution in [2.45, 2.75) is 26.8 Å². The molecule has 0 amide bonds. The Bertz CT molecular complexity index is 544. The first-order valence-corrected chi connectivity index (χ1v) is 6.75. The lowest BCUT2D eigenvalue weighted by molar-refractivity contribution is 0.916. The molecule has 0 aliphatic heterocycles. The summed E-state index contributed by atoms with van der Waals surface area (Å²) in [5.41, 5.74) is 11.8. The summed E-state index contributed by atoms with van der Waals surface area (Å²) in [5.74, 6) is 0. The third kappa shape index (κ3) is 3.28. The zero-order chi connectivity index (χ0) is 13.8. The summed E-state index contributed by atoms with van der Waals surface area (Å²) >= 11 is 0. The van der Waals surface area contributed by atoms with E-state index in [9.17, 15) is 0 Å². The Morgan fingerprint density at radius 1 is 1.00 bits per heavy atom. The molecule has 100 valence electrons. The number of hydrogen-bond acceptors (Lipinski definition) is 2. The molecule has 2 N–H and O–H groups in total. The minimum atomic E-state index is 0.821. The second kappa shape index (κ2) is 5.79. The summed E-state index contributed by atoms with van der Waals surface area (Å²) < 4.78 is 0. The van der Waals surface area contributed by atoms with E-state index in [1.54, 1.807) is 0 Å². The van der Waals surface area contributed by atoms with Crippen LogP contribution in [-0.4, -0.2) is 7.05 Å². The van der Waals surface area contributed by atoms with Crippen LogP contribution in [0.15, 0.2) is 42.5 Å². The lowest BCUT2D eigenvalue weighted by Gasteiger charge is -2.22. The molecule has 0 fully saturated rings. The molecular formula is C17H22N2. The van der Waals surface area contributed by atoms with Crippen molar-refractivity contribution in [1.29, 1.82) is 0 Å². The van der Waals surface area contributed by atoms with Gasteiger partial charge in [0, 0.05) is 25.0 Å². The molecule has 0 aromatic heterocycles. The predicted molar refractivity (Wildman–Crippen MR) is 83.5 cm³/mol. The largest absolute Gasteiger partial charge is 0.399 e. The Morgan fingerprint density at radius 2 is 1.63 bits per heavy atom. The molecule has 0 heterocycles. The van der Waals surface area contributed by atoms with Gasteiger partial charge in [0.2, 0.25) is 0 Å². The SMILES string of the molecule is CCc1ccc(CN(C)c2ccc(N)cc2C)cc1. The van der Waals surface area contributed by atoms with Crippen molar-refractivity contribution >= 4 is 11.4 Å². The van der Waals surface area contributed by atoms with E-state index in [0.717, 1.165) is 18.7 Å². The number of aryl methyl sites for hydroxylation is 2. The van der Waals surface area contributed by atoms with Gasteiger partial charge in [-0.2, -0.15) is 0 Å². The van der Waals surface area contributed by atoms with Gasteiger partial charge in [-0.3, -0.25) is 0 Å². The van der Waals surface area contributed by atoms with Crippen molar-refractivity contribution in [3.8, 4) is 0 Å². The van der Waals surface area contributed by atoms with Gasteiger partial charge < -0.3 is 10.6 Å². The summed E-state index contributed by atoms with van der Waals surface area (Å²) in [6.45, 7) is 5.19. The molecule has 0 bridgehead atoms. The normalized spacial score (nSPS) is 10.5. The number of anilines is 2. The van der Waals surface area contributed by atoms with Crippen LogP contribution < -0.4 is 10.6 Å². The predicted octanol–water partition coefficient (Wildman–Crippen LogP) is 3.78. The Balaban J connectivity index is 2.13. The molecular weight excluding hydrogens is 232 g/mol. The maximum absolute atomic E-state index is 5.79. The number of benzene rings is 2. The zero-order valence-corrected chi connectivity index (χ0v) is 12.0.